The van der Waals surface area contributed by atoms with Crippen LogP contribution in [0.4, 0.5) is 5.00 Å². The highest BCUT2D eigenvalue weighted by Crippen LogP contribution is 2.46. The lowest BCUT2D eigenvalue weighted by Crippen LogP contribution is -2.24. The molecule has 7 nitrogen and oxygen atoms in total. The average molecular weight is 403 g/mol. The molecule has 1 aliphatic rings. The molecule has 0 aliphatic heterocycles. The summed E-state index contributed by atoms with van der Waals surface area (Å²) in [5, 5.41) is 14.8. The highest BCUT2D eigenvalue weighted by Gasteiger charge is 2.32. The number of carbonyl (C=O) groups is 3. The third-order valence-electron chi connectivity index (χ3n) is 4.25. The van der Waals surface area contributed by atoms with Crippen LogP contribution in [0.15, 0.2) is 35.7 Å². The molecule has 8 heteroatoms. The number of aliphatic hydroxyl groups excluding tert-OH is 1. The molecule has 3 rings (SSSR count). The summed E-state index contributed by atoms with van der Waals surface area (Å²) >= 11 is 1.24. The van der Waals surface area contributed by atoms with E-state index >= 15 is 0 Å². The van der Waals surface area contributed by atoms with E-state index in [1.807, 2.05) is 5.38 Å². The van der Waals surface area contributed by atoms with Crippen LogP contribution in [0.1, 0.15) is 53.3 Å². The summed E-state index contributed by atoms with van der Waals surface area (Å²) in [4.78, 5) is 36.4. The molecule has 0 saturated heterocycles. The lowest BCUT2D eigenvalue weighted by Gasteiger charge is -2.11. The maximum atomic E-state index is 12.3. The van der Waals surface area contributed by atoms with E-state index < -0.39 is 30.6 Å². The zero-order chi connectivity index (χ0) is 20.1. The maximum Gasteiger partial charge on any atom is 0.341 e. The number of esters is 2. The number of nitrogens with one attached hydrogen (secondary N) is 1. The number of aliphatic hydroxyl groups is 1. The van der Waals surface area contributed by atoms with E-state index in [-0.39, 0.29) is 6.61 Å². The first-order chi connectivity index (χ1) is 13.5. The standard InChI is InChI=1S/C20H21NO6S/c1-2-26-19(24)16-14(12-8-9-12)11-28-18(16)21-15(22)10-27-20(25)17(23)13-6-4-3-5-7-13/h3-7,11-12,17,23H,2,8-10H2,1H3,(H,21,22)/t17-/m0/s1. The van der Waals surface area contributed by atoms with Crippen molar-refractivity contribution in [1.82, 2.24) is 0 Å². The second kappa shape index (κ2) is 8.99. The predicted molar refractivity (Wildman–Crippen MR) is 103 cm³/mol. The van der Waals surface area contributed by atoms with Crippen molar-refractivity contribution in [3.05, 3.63) is 52.4 Å². The summed E-state index contributed by atoms with van der Waals surface area (Å²) in [6, 6.07) is 8.30. The van der Waals surface area contributed by atoms with Gasteiger partial charge >= 0.3 is 11.9 Å². The van der Waals surface area contributed by atoms with Crippen LogP contribution < -0.4 is 5.32 Å². The number of thiophene rings is 1. The summed E-state index contributed by atoms with van der Waals surface area (Å²) < 4.78 is 10.00. The first-order valence-electron chi connectivity index (χ1n) is 8.99. The van der Waals surface area contributed by atoms with Crippen molar-refractivity contribution in [3.63, 3.8) is 0 Å². The Kier molecular flexibility index (Phi) is 6.43. The lowest BCUT2D eigenvalue weighted by molar-refractivity contribution is -0.156. The van der Waals surface area contributed by atoms with Gasteiger partial charge in [0.15, 0.2) is 12.7 Å². The van der Waals surface area contributed by atoms with Gasteiger partial charge in [0, 0.05) is 0 Å². The summed E-state index contributed by atoms with van der Waals surface area (Å²) in [5.74, 6) is -1.67. The molecule has 0 spiro atoms. The lowest BCUT2D eigenvalue weighted by atomic mass is 10.1. The van der Waals surface area contributed by atoms with Crippen molar-refractivity contribution in [2.24, 2.45) is 0 Å². The number of amides is 1. The Morgan fingerprint density at radius 1 is 1.21 bits per heavy atom. The van der Waals surface area contributed by atoms with Gasteiger partial charge in [0.1, 0.15) is 5.00 Å². The van der Waals surface area contributed by atoms with Gasteiger partial charge in [-0.1, -0.05) is 30.3 Å². The van der Waals surface area contributed by atoms with Crippen LogP contribution in [0.2, 0.25) is 0 Å². The number of anilines is 1. The van der Waals surface area contributed by atoms with Gasteiger partial charge in [-0.15, -0.1) is 11.3 Å². The fourth-order valence-corrected chi connectivity index (χ4v) is 3.77. The summed E-state index contributed by atoms with van der Waals surface area (Å²) in [5.41, 5.74) is 1.64. The van der Waals surface area contributed by atoms with Crippen LogP contribution in [-0.2, 0) is 19.1 Å². The van der Waals surface area contributed by atoms with E-state index in [2.05, 4.69) is 5.32 Å². The molecule has 2 N–H and O–H groups in total. The summed E-state index contributed by atoms with van der Waals surface area (Å²) in [7, 11) is 0. The molecule has 0 unspecified atom stereocenters. The topological polar surface area (TPSA) is 102 Å². The van der Waals surface area contributed by atoms with Gasteiger partial charge in [-0.2, -0.15) is 0 Å². The van der Waals surface area contributed by atoms with E-state index in [0.717, 1.165) is 18.4 Å². The van der Waals surface area contributed by atoms with Gasteiger partial charge in [-0.05, 0) is 42.2 Å². The van der Waals surface area contributed by atoms with Gasteiger partial charge in [0.2, 0.25) is 0 Å². The molecule has 1 amide bonds. The largest absolute Gasteiger partial charge is 0.462 e. The van der Waals surface area contributed by atoms with E-state index in [1.54, 1.807) is 37.3 Å². The minimum absolute atomic E-state index is 0.237. The average Bonchev–Trinajstić information content (AvgIpc) is 3.46. The Hall–Kier alpha value is -2.71. The first kappa shape index (κ1) is 20.0. The Labute approximate surface area is 166 Å². The first-order valence-corrected chi connectivity index (χ1v) is 9.87. The second-order valence-electron chi connectivity index (χ2n) is 6.36. The second-order valence-corrected chi connectivity index (χ2v) is 7.24. The quantitative estimate of drug-likeness (QED) is 0.657. The molecule has 1 heterocycles. The van der Waals surface area contributed by atoms with E-state index in [1.165, 1.54) is 11.3 Å². The number of hydrogen-bond acceptors (Lipinski definition) is 7. The Morgan fingerprint density at radius 3 is 2.57 bits per heavy atom. The third kappa shape index (κ3) is 4.76. The molecule has 28 heavy (non-hydrogen) atoms. The maximum absolute atomic E-state index is 12.3. The van der Waals surface area contributed by atoms with E-state index in [4.69, 9.17) is 9.47 Å². The van der Waals surface area contributed by atoms with Crippen molar-refractivity contribution >= 4 is 34.2 Å². The smallest absolute Gasteiger partial charge is 0.341 e. The normalized spacial score (nSPS) is 14.2. The molecule has 0 bridgehead atoms. The van der Waals surface area contributed by atoms with Crippen molar-refractivity contribution in [3.8, 4) is 0 Å². The van der Waals surface area contributed by atoms with Crippen molar-refractivity contribution < 1.29 is 29.0 Å². The highest BCUT2D eigenvalue weighted by molar-refractivity contribution is 7.15. The third-order valence-corrected chi connectivity index (χ3v) is 5.17. The van der Waals surface area contributed by atoms with Crippen molar-refractivity contribution in [2.45, 2.75) is 31.8 Å². The van der Waals surface area contributed by atoms with Gasteiger partial charge in [-0.25, -0.2) is 9.59 Å². The van der Waals surface area contributed by atoms with Crippen LogP contribution >= 0.6 is 11.3 Å². The summed E-state index contributed by atoms with van der Waals surface area (Å²) in [6.07, 6.45) is 0.545. The molecule has 1 aromatic carbocycles. The fraction of sp³-hybridized carbons (Fsp3) is 0.350. The molecule has 2 aromatic rings. The number of rotatable bonds is 8. The Bertz CT molecular complexity index is 859. The van der Waals surface area contributed by atoms with Crippen LogP contribution in [0.5, 0.6) is 0 Å². The van der Waals surface area contributed by atoms with Crippen LogP contribution in [0.3, 0.4) is 0 Å². The minimum atomic E-state index is -1.47. The molecule has 0 radical (unpaired) electrons. The minimum Gasteiger partial charge on any atom is -0.462 e. The molecule has 148 valence electrons. The van der Waals surface area contributed by atoms with Crippen LogP contribution in [0, 0.1) is 0 Å². The van der Waals surface area contributed by atoms with Crippen LogP contribution in [0.25, 0.3) is 0 Å². The molecular weight excluding hydrogens is 382 g/mol. The monoisotopic (exact) mass is 403 g/mol. The Morgan fingerprint density at radius 2 is 1.93 bits per heavy atom. The molecule has 1 saturated carbocycles. The molecular formula is C20H21NO6S. The number of carbonyl (C=O) groups excluding carboxylic acids is 3. The SMILES string of the molecule is CCOC(=O)c1c(C2CC2)csc1NC(=O)COC(=O)[C@@H](O)c1ccccc1. The molecule has 1 fully saturated rings. The highest BCUT2D eigenvalue weighted by atomic mass is 32.1. The van der Waals surface area contributed by atoms with Gasteiger partial charge < -0.3 is 19.9 Å². The molecule has 1 atom stereocenters. The van der Waals surface area contributed by atoms with Crippen molar-refractivity contribution in [2.75, 3.05) is 18.5 Å². The number of hydrogen-bond donors (Lipinski definition) is 2. The van der Waals surface area contributed by atoms with Gasteiger partial charge in [0.05, 0.1) is 12.2 Å². The van der Waals surface area contributed by atoms with Gasteiger partial charge in [0.25, 0.3) is 5.91 Å². The summed E-state index contributed by atoms with van der Waals surface area (Å²) in [6.45, 7) is 1.39. The number of ether oxygens (including phenoxy) is 2. The van der Waals surface area contributed by atoms with E-state index in [0.29, 0.717) is 22.0 Å². The van der Waals surface area contributed by atoms with Crippen LogP contribution in [-0.4, -0.2) is 36.2 Å². The molecule has 1 aliphatic carbocycles. The zero-order valence-corrected chi connectivity index (χ0v) is 16.2. The zero-order valence-electron chi connectivity index (χ0n) is 15.3. The van der Waals surface area contributed by atoms with Crippen molar-refractivity contribution in [1.29, 1.82) is 0 Å². The van der Waals surface area contributed by atoms with E-state index in [9.17, 15) is 19.5 Å². The number of benzene rings is 1. The van der Waals surface area contributed by atoms with Gasteiger partial charge in [-0.3, -0.25) is 4.79 Å². The Balaban J connectivity index is 1.60. The molecule has 1 aromatic heterocycles. The fourth-order valence-electron chi connectivity index (χ4n) is 2.72. The predicted octanol–water partition coefficient (Wildman–Crippen LogP) is 3.02.